The highest BCUT2D eigenvalue weighted by molar-refractivity contribution is 6.36. The molecule has 3 aromatic rings. The molecule has 5 nitrogen and oxygen atoms in total. The van der Waals surface area contributed by atoms with Crippen LogP contribution in [0.5, 0.6) is 5.75 Å². The van der Waals surface area contributed by atoms with Crippen molar-refractivity contribution >= 4 is 46.2 Å². The molecule has 0 unspecified atom stereocenters. The van der Waals surface area contributed by atoms with Crippen LogP contribution in [0.25, 0.3) is 17.0 Å². The Morgan fingerprint density at radius 2 is 2.09 bits per heavy atom. The summed E-state index contributed by atoms with van der Waals surface area (Å²) >= 11 is 12.4. The normalized spacial score (nSPS) is 14.8. The van der Waals surface area contributed by atoms with E-state index in [2.05, 4.69) is 4.98 Å². The molecule has 1 heterocycles. The third kappa shape index (κ3) is 4.44. The predicted octanol–water partition coefficient (Wildman–Crippen LogP) is 6.29. The molecule has 0 radical (unpaired) electrons. The Kier molecular flexibility index (Phi) is 6.38. The molecule has 1 saturated carbocycles. The molecule has 1 aromatic heterocycles. The number of rotatable bonds is 7. The van der Waals surface area contributed by atoms with E-state index in [0.29, 0.717) is 28.0 Å². The number of pyridine rings is 1. The zero-order valence-corrected chi connectivity index (χ0v) is 18.6. The number of fused-ring (bicyclic) bond motifs is 1. The van der Waals surface area contributed by atoms with Crippen LogP contribution in [0.15, 0.2) is 36.5 Å². The van der Waals surface area contributed by atoms with Gasteiger partial charge in [0.25, 0.3) is 0 Å². The minimum Gasteiger partial charge on any atom is -0.486 e. The van der Waals surface area contributed by atoms with Gasteiger partial charge in [-0.3, -0.25) is 4.98 Å². The lowest BCUT2D eigenvalue weighted by molar-refractivity contribution is -0.131. The van der Waals surface area contributed by atoms with Gasteiger partial charge in [-0.2, -0.15) is 0 Å². The van der Waals surface area contributed by atoms with Crippen LogP contribution < -0.4 is 4.74 Å². The molecule has 0 spiro atoms. The molecule has 166 valence electrons. The molecule has 0 amide bonds. The van der Waals surface area contributed by atoms with Crippen LogP contribution in [-0.2, 0) is 11.4 Å². The summed E-state index contributed by atoms with van der Waals surface area (Å²) in [6.07, 6.45) is 5.54. The smallest absolute Gasteiger partial charge is 0.328 e. The zero-order valence-electron chi connectivity index (χ0n) is 17.1. The largest absolute Gasteiger partial charge is 0.486 e. The molecule has 1 fully saturated rings. The van der Waals surface area contributed by atoms with E-state index in [1.54, 1.807) is 19.2 Å². The topological polar surface area (TPSA) is 79.7 Å². The van der Waals surface area contributed by atoms with Gasteiger partial charge in [0.2, 0.25) is 0 Å². The highest BCUT2D eigenvalue weighted by atomic mass is 35.5. The molecule has 4 rings (SSSR count). The molecule has 8 heteroatoms. The summed E-state index contributed by atoms with van der Waals surface area (Å²) in [6, 6.07) is 6.11. The van der Waals surface area contributed by atoms with Crippen LogP contribution in [0.4, 0.5) is 4.39 Å². The van der Waals surface area contributed by atoms with Crippen molar-refractivity contribution in [1.29, 1.82) is 0 Å². The van der Waals surface area contributed by atoms with Crippen molar-refractivity contribution in [3.8, 4) is 5.75 Å². The van der Waals surface area contributed by atoms with E-state index in [-0.39, 0.29) is 22.6 Å². The number of aliphatic carboxylic acids is 1. The van der Waals surface area contributed by atoms with Gasteiger partial charge < -0.3 is 14.9 Å². The maximum atomic E-state index is 14.0. The number of aromatic nitrogens is 1. The molecular formula is C24H20Cl2FNO4. The summed E-state index contributed by atoms with van der Waals surface area (Å²) in [4.78, 5) is 15.5. The first kappa shape index (κ1) is 22.5. The van der Waals surface area contributed by atoms with Crippen molar-refractivity contribution < 1.29 is 24.1 Å². The molecule has 0 saturated heterocycles. The maximum absolute atomic E-state index is 14.0. The van der Waals surface area contributed by atoms with E-state index in [0.717, 1.165) is 29.9 Å². The molecule has 2 aromatic carbocycles. The van der Waals surface area contributed by atoms with Gasteiger partial charge in [-0.15, -0.1) is 0 Å². The van der Waals surface area contributed by atoms with Gasteiger partial charge in [-0.05, 0) is 67.2 Å². The van der Waals surface area contributed by atoms with Crippen LogP contribution in [-0.4, -0.2) is 21.2 Å². The fourth-order valence-corrected chi connectivity index (χ4v) is 4.55. The monoisotopic (exact) mass is 475 g/mol. The number of hydrogen-bond donors (Lipinski definition) is 2. The lowest BCUT2D eigenvalue weighted by Crippen LogP contribution is -2.07. The Hall–Kier alpha value is -2.67. The number of benzene rings is 2. The van der Waals surface area contributed by atoms with Crippen molar-refractivity contribution in [1.82, 2.24) is 4.98 Å². The Bertz CT molecular complexity index is 1240. The van der Waals surface area contributed by atoms with Crippen LogP contribution in [0.1, 0.15) is 54.0 Å². The summed E-state index contributed by atoms with van der Waals surface area (Å²) in [6.45, 7) is 1.45. The van der Waals surface area contributed by atoms with E-state index in [4.69, 9.17) is 33.0 Å². The Morgan fingerprint density at radius 1 is 1.34 bits per heavy atom. The van der Waals surface area contributed by atoms with Gasteiger partial charge >= 0.3 is 5.97 Å². The Labute approximate surface area is 194 Å². The average Bonchev–Trinajstić information content (AvgIpc) is 3.59. The number of halogens is 3. The first-order chi connectivity index (χ1) is 15.3. The molecule has 32 heavy (non-hydrogen) atoms. The molecule has 1 atom stereocenters. The predicted molar refractivity (Wildman–Crippen MR) is 122 cm³/mol. The number of carboxylic acids is 1. The van der Waals surface area contributed by atoms with E-state index < -0.39 is 17.9 Å². The first-order valence-electron chi connectivity index (χ1n) is 10.1. The summed E-state index contributed by atoms with van der Waals surface area (Å²) in [5.74, 6) is -0.919. The second kappa shape index (κ2) is 9.06. The lowest BCUT2D eigenvalue weighted by Gasteiger charge is -2.20. The van der Waals surface area contributed by atoms with E-state index in [9.17, 15) is 14.3 Å². The zero-order chi connectivity index (χ0) is 23.0. The van der Waals surface area contributed by atoms with Gasteiger partial charge in [0.1, 0.15) is 17.7 Å². The number of ether oxygens (including phenoxy) is 1. The highest BCUT2D eigenvalue weighted by Crippen LogP contribution is 2.46. The molecule has 1 aliphatic carbocycles. The molecule has 2 N–H and O–H groups in total. The molecule has 1 aliphatic rings. The first-order valence-corrected chi connectivity index (χ1v) is 10.8. The minimum absolute atomic E-state index is 0.102. The molecule has 0 aliphatic heterocycles. The SMILES string of the molecule is C[C@H](Oc1cc(CO)c2ncc(/C=C/C(=O)O)c(C3CC3)c2c1)c1c(Cl)ccc(F)c1Cl. The van der Waals surface area contributed by atoms with Crippen LogP contribution in [0, 0.1) is 5.82 Å². The third-order valence-corrected chi connectivity index (χ3v) is 6.17. The lowest BCUT2D eigenvalue weighted by atomic mass is 9.97. The van der Waals surface area contributed by atoms with Gasteiger partial charge in [0.15, 0.2) is 0 Å². The van der Waals surface area contributed by atoms with Crippen molar-refractivity contribution in [2.45, 2.75) is 38.4 Å². The van der Waals surface area contributed by atoms with E-state index in [1.165, 1.54) is 18.2 Å². The summed E-state index contributed by atoms with van der Waals surface area (Å²) in [5, 5.41) is 19.9. The third-order valence-electron chi connectivity index (χ3n) is 5.46. The highest BCUT2D eigenvalue weighted by Gasteiger charge is 2.29. The number of carbonyl (C=O) groups is 1. The molecular weight excluding hydrogens is 456 g/mol. The van der Waals surface area contributed by atoms with Crippen LogP contribution >= 0.6 is 23.2 Å². The number of carboxylic acid groups (broad SMARTS) is 1. The fourth-order valence-electron chi connectivity index (χ4n) is 3.87. The van der Waals surface area contributed by atoms with Gasteiger partial charge in [0.05, 0.1) is 17.1 Å². The van der Waals surface area contributed by atoms with Crippen LogP contribution in [0.3, 0.4) is 0 Å². The van der Waals surface area contributed by atoms with Gasteiger partial charge in [-0.25, -0.2) is 9.18 Å². The average molecular weight is 476 g/mol. The van der Waals surface area contributed by atoms with Crippen LogP contribution in [0.2, 0.25) is 10.0 Å². The summed E-state index contributed by atoms with van der Waals surface area (Å²) in [5.41, 5.74) is 3.22. The van der Waals surface area contributed by atoms with E-state index >= 15 is 0 Å². The van der Waals surface area contributed by atoms with Gasteiger partial charge in [-0.1, -0.05) is 23.2 Å². The number of hydrogen-bond acceptors (Lipinski definition) is 4. The fraction of sp³-hybridized carbons (Fsp3) is 0.250. The van der Waals surface area contributed by atoms with E-state index in [1.807, 2.05) is 6.07 Å². The summed E-state index contributed by atoms with van der Waals surface area (Å²) in [7, 11) is 0. The number of aliphatic hydroxyl groups excluding tert-OH is 1. The minimum atomic E-state index is -1.04. The standard InChI is InChI=1S/C24H20Cl2FNO4/c1-12(21-18(25)5-6-19(27)23(21)26)32-16-8-15(11-29)24-17(9-16)22(13-2-3-13)14(10-28-24)4-7-20(30)31/h4-10,12-13,29H,2-3,11H2,1H3,(H,30,31)/b7-4+/t12-/m0/s1. The second-order valence-corrected chi connectivity index (χ2v) is 8.51. The molecule has 0 bridgehead atoms. The second-order valence-electron chi connectivity index (χ2n) is 7.73. The van der Waals surface area contributed by atoms with Crippen molar-refractivity contribution in [2.75, 3.05) is 0 Å². The Morgan fingerprint density at radius 3 is 2.75 bits per heavy atom. The number of nitrogens with zero attached hydrogens (tertiary/aromatic N) is 1. The van der Waals surface area contributed by atoms with Crippen molar-refractivity contribution in [3.63, 3.8) is 0 Å². The Balaban J connectivity index is 1.82. The number of aliphatic hydroxyl groups is 1. The van der Waals surface area contributed by atoms with Gasteiger partial charge in [0, 0.05) is 33.8 Å². The van der Waals surface area contributed by atoms with Crippen molar-refractivity contribution in [2.24, 2.45) is 0 Å². The van der Waals surface area contributed by atoms with Crippen molar-refractivity contribution in [3.05, 3.63) is 74.7 Å². The quantitative estimate of drug-likeness (QED) is 0.310. The maximum Gasteiger partial charge on any atom is 0.328 e. The summed E-state index contributed by atoms with van der Waals surface area (Å²) < 4.78 is 20.0.